The van der Waals surface area contributed by atoms with E-state index in [9.17, 15) is 69.1 Å². The molecule has 8 aliphatic heterocycles. The average Bonchev–Trinajstić information content (AvgIpc) is 0.769. The Hall–Kier alpha value is -12.9. The number of hydrogen-bond acceptors (Lipinski definition) is 20. The molecule has 8 aliphatic rings. The molecule has 0 aliphatic carbocycles. The second-order valence-corrected chi connectivity index (χ2v) is 30.4. The Kier molecular flexibility index (Phi) is 26.6. The van der Waals surface area contributed by atoms with Gasteiger partial charge in [0, 0.05) is 90.2 Å². The van der Waals surface area contributed by atoms with Crippen LogP contribution in [-0.2, 0) is 58.5 Å². The number of halogens is 10. The van der Waals surface area contributed by atoms with Gasteiger partial charge in [-0.1, -0.05) is 59.1 Å². The summed E-state index contributed by atoms with van der Waals surface area (Å²) in [7, 11) is 0. The fourth-order valence-corrected chi connectivity index (χ4v) is 14.2. The number of nitrogens with zero attached hydrogens (tertiary/aromatic N) is 12. The molecule has 0 bridgehead atoms. The van der Waals surface area contributed by atoms with Gasteiger partial charge in [-0.3, -0.25) is 39.1 Å². The second-order valence-electron chi connectivity index (χ2n) is 29.2. The van der Waals surface area contributed by atoms with Crippen LogP contribution in [0.1, 0.15) is 72.3 Å². The quantitative estimate of drug-likeness (QED) is 0.0200. The van der Waals surface area contributed by atoms with E-state index in [0.717, 1.165) is 84.3 Å². The maximum Gasteiger partial charge on any atom is 0.417 e. The number of fused-ring (bicyclic) bond motifs is 8. The summed E-state index contributed by atoms with van der Waals surface area (Å²) in [5.41, 5.74) is 10.3. The molecule has 0 fully saturated rings. The molecule has 0 saturated heterocycles. The molecule has 8 N–H and O–H groups in total. The van der Waals surface area contributed by atoms with Crippen LogP contribution in [0, 0.1) is 78.7 Å². The molecule has 8 aromatic carbocycles. The molecule has 8 aromatic rings. The molecule has 634 valence electrons. The Morgan fingerprint density at radius 1 is 0.325 bits per heavy atom. The lowest BCUT2D eigenvalue weighted by atomic mass is 10.1. The van der Waals surface area contributed by atoms with Crippen LogP contribution in [-0.4, -0.2) is 104 Å². The molecule has 28 nitrogen and oxygen atoms in total. The predicted molar refractivity (Wildman–Crippen MR) is 455 cm³/mol. The Morgan fingerprint density at radius 3 is 0.959 bits per heavy atom. The zero-order valence-electron chi connectivity index (χ0n) is 66.9. The number of rotatable bonds is 20. The summed E-state index contributed by atoms with van der Waals surface area (Å²) in [5, 5.41) is 12.5. The minimum Gasteiger partial charge on any atom is -0.321 e. The molecule has 8 heterocycles. The number of alkyl halides is 3. The first-order chi connectivity index (χ1) is 58.5. The van der Waals surface area contributed by atoms with Gasteiger partial charge in [0.05, 0.1) is 64.8 Å². The topological polar surface area (TPSA) is 371 Å². The normalized spacial score (nSPS) is 11.6. The van der Waals surface area contributed by atoms with Crippen molar-refractivity contribution in [3.63, 3.8) is 0 Å². The summed E-state index contributed by atoms with van der Waals surface area (Å²) in [6.45, 7) is 20.3. The van der Waals surface area contributed by atoms with Crippen LogP contribution in [0.2, 0.25) is 15.1 Å². The summed E-state index contributed by atoms with van der Waals surface area (Å²) in [5.74, 6) is -1.36. The van der Waals surface area contributed by atoms with E-state index in [-0.39, 0.29) is 74.2 Å². The maximum atomic E-state index is 13.8. The van der Waals surface area contributed by atoms with E-state index < -0.39 is 80.0 Å². The van der Waals surface area contributed by atoms with E-state index in [4.69, 9.17) is 34.8 Å². The Balaban J connectivity index is 0.000000141. The molecule has 16 rings (SSSR count). The van der Waals surface area contributed by atoms with Crippen molar-refractivity contribution in [3.8, 4) is 46.1 Å². The van der Waals surface area contributed by atoms with Gasteiger partial charge in [0.15, 0.2) is 46.1 Å². The lowest BCUT2D eigenvalue weighted by Gasteiger charge is -2.18. The molecule has 123 heavy (non-hydrogen) atoms. The van der Waals surface area contributed by atoms with E-state index in [1.165, 1.54) is 42.5 Å². The van der Waals surface area contributed by atoms with Gasteiger partial charge in [0.25, 0.3) is 22.2 Å². The van der Waals surface area contributed by atoms with Gasteiger partial charge in [0.1, 0.15) is 23.3 Å². The molecule has 0 saturated carbocycles. The zero-order valence-corrected chi connectivity index (χ0v) is 69.2. The second kappa shape index (κ2) is 37.2. The lowest BCUT2D eigenvalue weighted by molar-refractivity contribution is -0.137. The Morgan fingerprint density at radius 2 is 0.634 bits per heavy atom. The van der Waals surface area contributed by atoms with Crippen LogP contribution in [0.15, 0.2) is 160 Å². The molecule has 0 radical (unpaired) electrons. The standard InChI is InChI=1S/C22H19ClF3N5O2.2C21H19ClFN5O2.C21H19F2N5O2/c1-11-7-16-17(8-12(11)2)31(19-18(28-16)20(32)30-21(33)29-19)6-5-27-10-13-3-4-15(23)14(9-13)22(24,25)26;1-11-7-16-17(8-12(11)2)28(19-18(25-16)20(29)27-21(30)26-19)6-5-24-10-13-3-4-15(23)14(22)9-13;1-11-7-16-17(8-12(11)2)28(19-18(25-16)20(29)27-21(30)26-19)6-5-24-10-13-3-4-14(22)15(23)9-13;1-11-7-16-17(8-12(11)2)28(19-18(25-16)20(29)27-21(30)26-19)6-5-24-10-13-3-4-14(22)9-15(13)23/h3-4,7-9,27H,5-6,10H2,1-2H3,(H,30,32,33);3*3-4,7-9,24H,5-6,10H2,1-2H3,(H,27,29,30). The summed E-state index contributed by atoms with van der Waals surface area (Å²) in [6.07, 6.45) is -4.54. The third-order valence-electron chi connectivity index (χ3n) is 20.6. The first-order valence-electron chi connectivity index (χ1n) is 38.2. The Labute approximate surface area is 706 Å². The number of nitrogens with one attached hydrogen (secondary N) is 8. The number of aromatic nitrogens is 16. The summed E-state index contributed by atoms with van der Waals surface area (Å²) >= 11 is 17.2. The van der Waals surface area contributed by atoms with Crippen molar-refractivity contribution >= 4 is 78.9 Å². The SMILES string of the molecule is Cc1cc2nc3c(=O)[nH]c(=O)nc-3n(CCNCc3ccc(Cl)c(C(F)(F)F)c3)c2cc1C.Cc1cc2nc3c(=O)[nH]c(=O)nc-3n(CCNCc3ccc(Cl)c(F)c3)c2cc1C.Cc1cc2nc3c(=O)[nH]c(=O)nc-3n(CCNCc3ccc(F)c(Cl)c3)c2cc1C.Cc1cc2nc3c(=O)[nH]c(=O)nc-3n(CCNCc3ccc(F)cc3F)c2cc1C. The van der Waals surface area contributed by atoms with Crippen LogP contribution in [0.25, 0.3) is 90.2 Å². The van der Waals surface area contributed by atoms with Crippen LogP contribution >= 0.6 is 34.8 Å². The van der Waals surface area contributed by atoms with E-state index in [1.54, 1.807) is 27.3 Å². The molecule has 0 atom stereocenters. The third-order valence-corrected chi connectivity index (χ3v) is 21.5. The highest BCUT2D eigenvalue weighted by Gasteiger charge is 2.34. The summed E-state index contributed by atoms with van der Waals surface area (Å²) in [4.78, 5) is 139. The monoisotopic (exact) mass is 1740 g/mol. The first-order valence-corrected chi connectivity index (χ1v) is 39.4. The van der Waals surface area contributed by atoms with E-state index >= 15 is 0 Å². The van der Waals surface area contributed by atoms with Gasteiger partial charge in [-0.2, -0.15) is 33.1 Å². The maximum absolute atomic E-state index is 13.8. The summed E-state index contributed by atoms with van der Waals surface area (Å²) < 4.78 is 100. The molecule has 0 spiro atoms. The van der Waals surface area contributed by atoms with Crippen molar-refractivity contribution < 1.29 is 30.7 Å². The van der Waals surface area contributed by atoms with Gasteiger partial charge in [-0.25, -0.2) is 56.7 Å². The van der Waals surface area contributed by atoms with Crippen molar-refractivity contribution in [3.05, 3.63) is 315 Å². The highest BCUT2D eigenvalue weighted by atomic mass is 35.5. The fraction of sp³-hybridized carbons (Fsp3) is 0.247. The average molecular weight is 1750 g/mol. The fourth-order valence-electron chi connectivity index (χ4n) is 13.7. The van der Waals surface area contributed by atoms with E-state index in [1.807, 2.05) is 113 Å². The van der Waals surface area contributed by atoms with Gasteiger partial charge >= 0.3 is 28.9 Å². The van der Waals surface area contributed by atoms with Crippen LogP contribution < -0.4 is 66.3 Å². The van der Waals surface area contributed by atoms with E-state index in [0.29, 0.717) is 104 Å². The first kappa shape index (κ1) is 87.9. The minimum absolute atomic E-state index is 0.0397. The van der Waals surface area contributed by atoms with E-state index in [2.05, 4.69) is 81.1 Å². The minimum atomic E-state index is -4.54. The Bertz CT molecular complexity index is 6970. The highest BCUT2D eigenvalue weighted by Crippen LogP contribution is 2.36. The van der Waals surface area contributed by atoms with Gasteiger partial charge in [-0.05, 0) is 208 Å². The van der Waals surface area contributed by atoms with Gasteiger partial charge < -0.3 is 39.5 Å². The third kappa shape index (κ3) is 20.2. The lowest BCUT2D eigenvalue weighted by Crippen LogP contribution is -2.30. The van der Waals surface area contributed by atoms with Crippen LogP contribution in [0.5, 0.6) is 0 Å². The number of aryl methyl sites for hydroxylation is 8. The van der Waals surface area contributed by atoms with Crippen molar-refractivity contribution in [2.24, 2.45) is 0 Å². The molecular weight excluding hydrogens is 1670 g/mol. The van der Waals surface area contributed by atoms with Crippen LogP contribution in [0.3, 0.4) is 0 Å². The zero-order chi connectivity index (χ0) is 88.2. The number of aromatic amines is 4. The number of hydrogen-bond donors (Lipinski definition) is 8. The van der Waals surface area contributed by atoms with Crippen molar-refractivity contribution in [2.75, 3.05) is 26.2 Å². The number of H-pyrrole nitrogens is 4. The predicted octanol–water partition coefficient (Wildman–Crippen LogP) is 11.5. The number of benzene rings is 8. The summed E-state index contributed by atoms with van der Waals surface area (Å²) in [6, 6.07) is 31.7. The largest absolute Gasteiger partial charge is 0.417 e. The molecule has 0 amide bonds. The van der Waals surface area contributed by atoms with Crippen molar-refractivity contribution in [1.29, 1.82) is 0 Å². The van der Waals surface area contributed by atoms with Gasteiger partial charge in [0.2, 0.25) is 0 Å². The molecular formula is C85H76Cl3F7N20O8. The van der Waals surface area contributed by atoms with Crippen LogP contribution in [0.4, 0.5) is 30.7 Å². The van der Waals surface area contributed by atoms with Crippen molar-refractivity contribution in [1.82, 2.24) is 99.3 Å². The molecule has 0 aromatic heterocycles. The smallest absolute Gasteiger partial charge is 0.321 e. The highest BCUT2D eigenvalue weighted by molar-refractivity contribution is 6.31. The molecule has 38 heteroatoms. The van der Waals surface area contributed by atoms with Gasteiger partial charge in [-0.15, -0.1) is 0 Å². The van der Waals surface area contributed by atoms with Crippen molar-refractivity contribution in [2.45, 2.75) is 114 Å². The molecule has 0 unspecified atom stereocenters.